The summed E-state index contributed by atoms with van der Waals surface area (Å²) in [5.41, 5.74) is 0.0260. The van der Waals surface area contributed by atoms with Crippen molar-refractivity contribution in [2.45, 2.75) is 26.1 Å². The maximum atomic E-state index is 12.3. The Labute approximate surface area is 133 Å². The van der Waals surface area contributed by atoms with E-state index < -0.39 is 5.63 Å². The lowest BCUT2D eigenvalue weighted by Crippen LogP contribution is -2.49. The molecule has 0 unspecified atom stereocenters. The quantitative estimate of drug-likeness (QED) is 0.808. The van der Waals surface area contributed by atoms with E-state index in [1.54, 1.807) is 29.2 Å². The number of amides is 1. The number of carbonyl (C=O) groups excluding carboxylic acids is 1. The molecule has 122 valence electrons. The summed E-state index contributed by atoms with van der Waals surface area (Å²) in [7, 11) is 0. The van der Waals surface area contributed by atoms with E-state index in [0.29, 0.717) is 24.4 Å². The van der Waals surface area contributed by atoms with Crippen molar-refractivity contribution in [3.05, 3.63) is 40.8 Å². The standard InChI is InChI=1S/C17H19NO5/c1-11-8-18(9-12(2)22-11)16(19)10-21-14-5-3-13-4-6-17(20)23-15(13)7-14/h3-7,11-12H,8-10H2,1-2H3/t11-,12+. The van der Waals surface area contributed by atoms with Gasteiger partial charge in [0.05, 0.1) is 12.2 Å². The molecule has 1 aromatic carbocycles. The van der Waals surface area contributed by atoms with Crippen LogP contribution in [0, 0.1) is 0 Å². The number of ether oxygens (including phenoxy) is 2. The summed E-state index contributed by atoms with van der Waals surface area (Å²) in [6.45, 7) is 4.98. The van der Waals surface area contributed by atoms with Crippen molar-refractivity contribution in [1.29, 1.82) is 0 Å². The molecule has 6 heteroatoms. The van der Waals surface area contributed by atoms with E-state index in [0.717, 1.165) is 5.39 Å². The molecule has 0 radical (unpaired) electrons. The lowest BCUT2D eigenvalue weighted by Gasteiger charge is -2.35. The zero-order valence-electron chi connectivity index (χ0n) is 13.2. The van der Waals surface area contributed by atoms with Crippen LogP contribution in [-0.4, -0.2) is 42.7 Å². The molecular weight excluding hydrogens is 298 g/mol. The van der Waals surface area contributed by atoms with E-state index in [4.69, 9.17) is 13.9 Å². The highest BCUT2D eigenvalue weighted by Crippen LogP contribution is 2.19. The minimum absolute atomic E-state index is 0.0256. The minimum Gasteiger partial charge on any atom is -0.484 e. The Morgan fingerprint density at radius 3 is 2.65 bits per heavy atom. The van der Waals surface area contributed by atoms with Crippen LogP contribution in [0.4, 0.5) is 0 Å². The van der Waals surface area contributed by atoms with Gasteiger partial charge in [0, 0.05) is 30.6 Å². The van der Waals surface area contributed by atoms with Gasteiger partial charge < -0.3 is 18.8 Å². The van der Waals surface area contributed by atoms with Gasteiger partial charge >= 0.3 is 5.63 Å². The number of nitrogens with zero attached hydrogens (tertiary/aromatic N) is 1. The maximum Gasteiger partial charge on any atom is 0.336 e. The molecule has 1 amide bonds. The first kappa shape index (κ1) is 15.6. The summed E-state index contributed by atoms with van der Waals surface area (Å²) < 4.78 is 16.3. The Morgan fingerprint density at radius 2 is 1.91 bits per heavy atom. The van der Waals surface area contributed by atoms with Gasteiger partial charge in [-0.15, -0.1) is 0 Å². The SMILES string of the molecule is C[C@@H]1CN(C(=O)COc2ccc3ccc(=O)oc3c2)C[C@H](C)O1. The molecule has 0 aliphatic carbocycles. The Balaban J connectivity index is 1.65. The molecule has 2 aromatic rings. The van der Waals surface area contributed by atoms with Gasteiger partial charge in [0.25, 0.3) is 5.91 Å². The molecule has 2 heterocycles. The van der Waals surface area contributed by atoms with Crippen molar-refractivity contribution in [3.8, 4) is 5.75 Å². The average molecular weight is 317 g/mol. The zero-order valence-corrected chi connectivity index (χ0v) is 13.2. The van der Waals surface area contributed by atoms with E-state index in [-0.39, 0.29) is 24.7 Å². The number of carbonyl (C=O) groups is 1. The van der Waals surface area contributed by atoms with Crippen LogP contribution in [0.5, 0.6) is 5.75 Å². The predicted octanol–water partition coefficient (Wildman–Crippen LogP) is 1.81. The first-order valence-corrected chi connectivity index (χ1v) is 7.61. The van der Waals surface area contributed by atoms with E-state index >= 15 is 0 Å². The second-order valence-corrected chi connectivity index (χ2v) is 5.80. The summed E-state index contributed by atoms with van der Waals surface area (Å²) in [5.74, 6) is 0.413. The second kappa shape index (κ2) is 6.42. The summed E-state index contributed by atoms with van der Waals surface area (Å²) in [6, 6.07) is 8.21. The highest BCUT2D eigenvalue weighted by atomic mass is 16.5. The topological polar surface area (TPSA) is 69.0 Å². The second-order valence-electron chi connectivity index (χ2n) is 5.80. The minimum atomic E-state index is -0.415. The molecule has 1 fully saturated rings. The van der Waals surface area contributed by atoms with E-state index in [1.807, 2.05) is 13.8 Å². The summed E-state index contributed by atoms with van der Waals surface area (Å²) >= 11 is 0. The Morgan fingerprint density at radius 1 is 1.22 bits per heavy atom. The van der Waals surface area contributed by atoms with Crippen molar-refractivity contribution >= 4 is 16.9 Å². The molecule has 0 spiro atoms. The lowest BCUT2D eigenvalue weighted by atomic mass is 10.2. The zero-order chi connectivity index (χ0) is 16.4. The van der Waals surface area contributed by atoms with E-state index in [9.17, 15) is 9.59 Å². The highest BCUT2D eigenvalue weighted by molar-refractivity contribution is 5.79. The molecule has 6 nitrogen and oxygen atoms in total. The third-order valence-electron chi connectivity index (χ3n) is 3.73. The third kappa shape index (κ3) is 3.71. The van der Waals surface area contributed by atoms with Crippen molar-refractivity contribution in [2.24, 2.45) is 0 Å². The monoisotopic (exact) mass is 317 g/mol. The van der Waals surface area contributed by atoms with Crippen molar-refractivity contribution in [2.75, 3.05) is 19.7 Å². The maximum absolute atomic E-state index is 12.3. The summed E-state index contributed by atoms with van der Waals surface area (Å²) in [5, 5.41) is 0.805. The first-order valence-electron chi connectivity index (χ1n) is 7.61. The number of rotatable bonds is 3. The van der Waals surface area contributed by atoms with Gasteiger partial charge in [0.15, 0.2) is 6.61 Å². The molecule has 2 atom stereocenters. The molecule has 3 rings (SSSR count). The third-order valence-corrected chi connectivity index (χ3v) is 3.73. The molecule has 0 saturated carbocycles. The number of hydrogen-bond donors (Lipinski definition) is 0. The van der Waals surface area contributed by atoms with Crippen molar-refractivity contribution in [3.63, 3.8) is 0 Å². The van der Waals surface area contributed by atoms with Crippen LogP contribution >= 0.6 is 0 Å². The number of benzene rings is 1. The van der Waals surface area contributed by atoms with Gasteiger partial charge in [0.1, 0.15) is 11.3 Å². The largest absolute Gasteiger partial charge is 0.484 e. The van der Waals surface area contributed by atoms with Gasteiger partial charge in [-0.2, -0.15) is 0 Å². The van der Waals surface area contributed by atoms with Gasteiger partial charge in [-0.3, -0.25) is 4.79 Å². The van der Waals surface area contributed by atoms with Crippen LogP contribution in [0.3, 0.4) is 0 Å². The first-order chi connectivity index (χ1) is 11.0. The highest BCUT2D eigenvalue weighted by Gasteiger charge is 2.25. The normalized spacial score (nSPS) is 21.4. The lowest BCUT2D eigenvalue weighted by molar-refractivity contribution is -0.145. The van der Waals surface area contributed by atoms with Crippen LogP contribution < -0.4 is 10.4 Å². The molecule has 0 bridgehead atoms. The Bertz CT molecular complexity index is 759. The molecule has 1 aliphatic rings. The fourth-order valence-corrected chi connectivity index (χ4v) is 2.75. The van der Waals surface area contributed by atoms with Crippen LogP contribution in [-0.2, 0) is 9.53 Å². The van der Waals surface area contributed by atoms with Crippen LogP contribution in [0.1, 0.15) is 13.8 Å². The van der Waals surface area contributed by atoms with Gasteiger partial charge in [-0.05, 0) is 32.0 Å². The van der Waals surface area contributed by atoms with Crippen molar-refractivity contribution in [1.82, 2.24) is 4.90 Å². The van der Waals surface area contributed by atoms with Crippen LogP contribution in [0.25, 0.3) is 11.0 Å². The summed E-state index contributed by atoms with van der Waals surface area (Å²) in [6.07, 6.45) is 0.0512. The molecule has 23 heavy (non-hydrogen) atoms. The van der Waals surface area contributed by atoms with Gasteiger partial charge in [0.2, 0.25) is 0 Å². The molecule has 1 aliphatic heterocycles. The fourth-order valence-electron chi connectivity index (χ4n) is 2.75. The van der Waals surface area contributed by atoms with E-state index in [1.165, 1.54) is 6.07 Å². The Hall–Kier alpha value is -2.34. The predicted molar refractivity (Wildman–Crippen MR) is 84.6 cm³/mol. The average Bonchev–Trinajstić information content (AvgIpc) is 2.51. The molecule has 0 N–H and O–H groups in total. The number of fused-ring (bicyclic) bond motifs is 1. The van der Waals surface area contributed by atoms with Crippen molar-refractivity contribution < 1.29 is 18.7 Å². The molecule has 1 saturated heterocycles. The van der Waals surface area contributed by atoms with E-state index in [2.05, 4.69) is 0 Å². The van der Waals surface area contributed by atoms with Gasteiger partial charge in [-0.1, -0.05) is 0 Å². The fraction of sp³-hybridized carbons (Fsp3) is 0.412. The summed E-state index contributed by atoms with van der Waals surface area (Å²) in [4.78, 5) is 25.3. The van der Waals surface area contributed by atoms with Gasteiger partial charge in [-0.25, -0.2) is 4.79 Å². The number of hydrogen-bond acceptors (Lipinski definition) is 5. The molecular formula is C17H19NO5. The number of morpholine rings is 1. The molecule has 1 aromatic heterocycles. The smallest absolute Gasteiger partial charge is 0.336 e. The van der Waals surface area contributed by atoms with Crippen LogP contribution in [0.2, 0.25) is 0 Å². The van der Waals surface area contributed by atoms with Crippen LogP contribution in [0.15, 0.2) is 39.5 Å². The Kier molecular flexibility index (Phi) is 4.34.